The summed E-state index contributed by atoms with van der Waals surface area (Å²) in [5.41, 5.74) is 0.412. The van der Waals surface area contributed by atoms with Crippen molar-refractivity contribution in [3.63, 3.8) is 0 Å². The zero-order valence-electron chi connectivity index (χ0n) is 13.9. The van der Waals surface area contributed by atoms with Crippen LogP contribution in [0.1, 0.15) is 29.6 Å². The van der Waals surface area contributed by atoms with Crippen LogP contribution in [0.2, 0.25) is 0 Å². The lowest BCUT2D eigenvalue weighted by molar-refractivity contribution is -0.111. The van der Waals surface area contributed by atoms with Gasteiger partial charge in [0.2, 0.25) is 5.91 Å². The Kier molecular flexibility index (Phi) is 7.92. The summed E-state index contributed by atoms with van der Waals surface area (Å²) >= 11 is 0. The Balaban J connectivity index is 3.06. The van der Waals surface area contributed by atoms with Crippen LogP contribution in [0.15, 0.2) is 24.8 Å². The van der Waals surface area contributed by atoms with Crippen molar-refractivity contribution in [3.8, 4) is 23.8 Å². The number of benzene rings is 1. The van der Waals surface area contributed by atoms with E-state index in [2.05, 4.69) is 17.8 Å². The molecule has 128 valence electrons. The highest BCUT2D eigenvalue weighted by atomic mass is 16.5. The van der Waals surface area contributed by atoms with Crippen molar-refractivity contribution in [1.29, 1.82) is 0 Å². The van der Waals surface area contributed by atoms with Gasteiger partial charge in [-0.3, -0.25) is 4.79 Å². The van der Waals surface area contributed by atoms with Gasteiger partial charge in [-0.1, -0.05) is 6.58 Å². The van der Waals surface area contributed by atoms with Crippen molar-refractivity contribution in [3.05, 3.63) is 30.4 Å². The van der Waals surface area contributed by atoms with Gasteiger partial charge in [0.05, 0.1) is 32.1 Å². The van der Waals surface area contributed by atoms with E-state index in [0.717, 1.165) is 18.9 Å². The highest BCUT2D eigenvalue weighted by Gasteiger charge is 2.18. The number of unbranched alkanes of at least 4 members (excludes halogenated alkanes) is 2. The molecule has 1 amide bonds. The fraction of sp³-hybridized carbons (Fsp3) is 0.333. The molecule has 0 fully saturated rings. The predicted molar refractivity (Wildman–Crippen MR) is 91.3 cm³/mol. The molecule has 0 saturated carbocycles. The second-order valence-electron chi connectivity index (χ2n) is 4.74. The number of anilines is 1. The minimum absolute atomic E-state index is 0.159. The topological polar surface area (TPSA) is 73.9 Å². The number of amides is 1. The molecule has 1 aromatic rings. The predicted octanol–water partition coefficient (Wildman–Crippen LogP) is 2.79. The number of terminal acetylenes is 1. The second kappa shape index (κ2) is 9.95. The maximum atomic E-state index is 12.0. The third-order valence-corrected chi connectivity index (χ3v) is 3.13. The number of hydrogen-bond acceptors (Lipinski definition) is 5. The maximum absolute atomic E-state index is 12.0. The molecule has 6 heteroatoms. The number of rotatable bonds is 9. The molecule has 0 bridgehead atoms. The summed E-state index contributed by atoms with van der Waals surface area (Å²) in [5.74, 6) is 2.28. The molecule has 6 nitrogen and oxygen atoms in total. The number of ether oxygens (including phenoxy) is 3. The number of esters is 1. The number of methoxy groups -OCH3 is 2. The Hall–Kier alpha value is -2.94. The van der Waals surface area contributed by atoms with Gasteiger partial charge < -0.3 is 19.5 Å². The molecule has 0 heterocycles. The van der Waals surface area contributed by atoms with Crippen LogP contribution in [0, 0.1) is 12.3 Å². The van der Waals surface area contributed by atoms with Gasteiger partial charge in [0.1, 0.15) is 0 Å². The van der Waals surface area contributed by atoms with Gasteiger partial charge in [-0.25, -0.2) is 4.79 Å². The van der Waals surface area contributed by atoms with Crippen LogP contribution in [0.3, 0.4) is 0 Å². The first-order chi connectivity index (χ1) is 11.6. The monoisotopic (exact) mass is 331 g/mol. The summed E-state index contributed by atoms with van der Waals surface area (Å²) in [6.07, 6.45) is 8.60. The molecule has 0 aromatic heterocycles. The quantitative estimate of drug-likeness (QED) is 0.326. The summed E-state index contributed by atoms with van der Waals surface area (Å²) in [6.45, 7) is 3.81. The van der Waals surface area contributed by atoms with E-state index in [1.54, 1.807) is 0 Å². The van der Waals surface area contributed by atoms with Crippen molar-refractivity contribution < 1.29 is 23.8 Å². The van der Waals surface area contributed by atoms with Gasteiger partial charge in [0.25, 0.3) is 0 Å². The first kappa shape index (κ1) is 19.1. The molecule has 0 radical (unpaired) electrons. The summed E-state index contributed by atoms with van der Waals surface area (Å²) in [7, 11) is 2.73. The van der Waals surface area contributed by atoms with E-state index in [1.807, 2.05) is 0 Å². The van der Waals surface area contributed by atoms with Crippen molar-refractivity contribution in [2.24, 2.45) is 0 Å². The van der Waals surface area contributed by atoms with E-state index >= 15 is 0 Å². The standard InChI is InChI=1S/C18H21NO5/c1-5-7-8-9-10-24-16-11-13(18(21)23-4)14(12-15(16)22-3)19-17(20)6-2/h1,6,11-12H,2,7-10H2,3-4H3,(H,19,20). The zero-order chi connectivity index (χ0) is 17.9. The normalized spacial score (nSPS) is 9.54. The molecule has 0 aliphatic rings. The number of hydrogen-bond donors (Lipinski definition) is 1. The van der Waals surface area contributed by atoms with Crippen molar-refractivity contribution in [2.75, 3.05) is 26.1 Å². The fourth-order valence-corrected chi connectivity index (χ4v) is 1.91. The average molecular weight is 331 g/mol. The molecule has 1 rings (SSSR count). The molecule has 0 spiro atoms. The van der Waals surface area contributed by atoms with Gasteiger partial charge in [0, 0.05) is 18.6 Å². The minimum atomic E-state index is -0.603. The number of nitrogens with one attached hydrogen (secondary N) is 1. The highest BCUT2D eigenvalue weighted by molar-refractivity contribution is 6.05. The van der Waals surface area contributed by atoms with Gasteiger partial charge in [0.15, 0.2) is 11.5 Å². The van der Waals surface area contributed by atoms with Gasteiger partial charge in [-0.05, 0) is 18.9 Å². The molecular formula is C18H21NO5. The van der Waals surface area contributed by atoms with E-state index in [0.29, 0.717) is 24.5 Å². The Bertz CT molecular complexity index is 646. The first-order valence-electron chi connectivity index (χ1n) is 7.37. The lowest BCUT2D eigenvalue weighted by Crippen LogP contribution is -2.13. The molecule has 0 saturated heterocycles. The lowest BCUT2D eigenvalue weighted by atomic mass is 10.1. The van der Waals surface area contributed by atoms with Crippen molar-refractivity contribution >= 4 is 17.6 Å². The first-order valence-corrected chi connectivity index (χ1v) is 7.37. The third kappa shape index (κ3) is 5.36. The van der Waals surface area contributed by atoms with Crippen LogP contribution in [-0.4, -0.2) is 32.7 Å². The molecule has 1 N–H and O–H groups in total. The maximum Gasteiger partial charge on any atom is 0.340 e. The lowest BCUT2D eigenvalue weighted by Gasteiger charge is -2.15. The molecule has 1 aromatic carbocycles. The third-order valence-electron chi connectivity index (χ3n) is 3.13. The van der Waals surface area contributed by atoms with Crippen molar-refractivity contribution in [2.45, 2.75) is 19.3 Å². The summed E-state index contributed by atoms with van der Waals surface area (Å²) in [6, 6.07) is 2.98. The van der Waals surface area contributed by atoms with Crippen LogP contribution in [0.25, 0.3) is 0 Å². The molecule has 0 aliphatic heterocycles. The van der Waals surface area contributed by atoms with Crippen LogP contribution < -0.4 is 14.8 Å². The van der Waals surface area contributed by atoms with E-state index in [4.69, 9.17) is 20.6 Å². The van der Waals surface area contributed by atoms with Gasteiger partial charge in [-0.2, -0.15) is 0 Å². The SMILES string of the molecule is C#CCCCCOc1cc(C(=O)OC)c(NC(=O)C=C)cc1OC. The largest absolute Gasteiger partial charge is 0.493 e. The molecule has 0 aliphatic carbocycles. The van der Waals surface area contributed by atoms with Crippen LogP contribution in [0.4, 0.5) is 5.69 Å². The average Bonchev–Trinajstić information content (AvgIpc) is 2.61. The number of carbonyl (C=O) groups excluding carboxylic acids is 2. The Labute approximate surface area is 141 Å². The summed E-state index contributed by atoms with van der Waals surface area (Å²) in [5, 5.41) is 2.55. The van der Waals surface area contributed by atoms with Gasteiger partial charge >= 0.3 is 5.97 Å². The Morgan fingerprint density at radius 3 is 2.62 bits per heavy atom. The van der Waals surface area contributed by atoms with E-state index in [9.17, 15) is 9.59 Å². The minimum Gasteiger partial charge on any atom is -0.493 e. The molecule has 24 heavy (non-hydrogen) atoms. The van der Waals surface area contributed by atoms with E-state index in [-0.39, 0.29) is 11.3 Å². The molecular weight excluding hydrogens is 310 g/mol. The Morgan fingerprint density at radius 1 is 1.29 bits per heavy atom. The summed E-state index contributed by atoms with van der Waals surface area (Å²) < 4.78 is 15.7. The second-order valence-corrected chi connectivity index (χ2v) is 4.74. The zero-order valence-corrected chi connectivity index (χ0v) is 13.9. The van der Waals surface area contributed by atoms with E-state index in [1.165, 1.54) is 26.4 Å². The Morgan fingerprint density at radius 2 is 2.04 bits per heavy atom. The fourth-order valence-electron chi connectivity index (χ4n) is 1.91. The highest BCUT2D eigenvalue weighted by Crippen LogP contribution is 2.34. The van der Waals surface area contributed by atoms with Crippen LogP contribution in [-0.2, 0) is 9.53 Å². The molecule has 0 atom stereocenters. The molecule has 0 unspecified atom stereocenters. The van der Waals surface area contributed by atoms with Crippen molar-refractivity contribution in [1.82, 2.24) is 0 Å². The van der Waals surface area contributed by atoms with Gasteiger partial charge in [-0.15, -0.1) is 12.3 Å². The smallest absolute Gasteiger partial charge is 0.340 e. The van der Waals surface area contributed by atoms with Crippen LogP contribution >= 0.6 is 0 Å². The number of carbonyl (C=O) groups is 2. The van der Waals surface area contributed by atoms with Crippen LogP contribution in [0.5, 0.6) is 11.5 Å². The van der Waals surface area contributed by atoms with E-state index < -0.39 is 11.9 Å². The summed E-state index contributed by atoms with van der Waals surface area (Å²) in [4.78, 5) is 23.5.